The van der Waals surface area contributed by atoms with Crippen LogP contribution in [0, 0.1) is 13.8 Å². The van der Waals surface area contributed by atoms with Gasteiger partial charge in [-0.25, -0.2) is 4.79 Å². The summed E-state index contributed by atoms with van der Waals surface area (Å²) < 4.78 is 10.1. The molecular weight excluding hydrogens is 344 g/mol. The fourth-order valence-electron chi connectivity index (χ4n) is 2.35. The molecule has 2 aromatic carbocycles. The van der Waals surface area contributed by atoms with Crippen molar-refractivity contribution in [2.75, 3.05) is 24.8 Å². The average Bonchev–Trinajstić information content (AvgIpc) is 2.53. The minimum absolute atomic E-state index is 0.0981. The van der Waals surface area contributed by atoms with Crippen LogP contribution in [0.4, 0.5) is 11.4 Å². The molecule has 0 saturated heterocycles. The molecule has 0 aliphatic carbocycles. The van der Waals surface area contributed by atoms with Crippen molar-refractivity contribution < 1.29 is 19.1 Å². The first-order valence-electron chi connectivity index (χ1n) is 7.48. The van der Waals surface area contributed by atoms with Crippen LogP contribution in [-0.4, -0.2) is 25.6 Å². The van der Waals surface area contributed by atoms with E-state index in [9.17, 15) is 9.59 Å². The Morgan fingerprint density at radius 1 is 1.12 bits per heavy atom. The molecule has 0 aromatic heterocycles. The highest BCUT2D eigenvalue weighted by Crippen LogP contribution is 2.29. The van der Waals surface area contributed by atoms with Gasteiger partial charge in [-0.3, -0.25) is 4.79 Å². The highest BCUT2D eigenvalue weighted by molar-refractivity contribution is 6.33. The Bertz CT molecular complexity index is 801. The van der Waals surface area contributed by atoms with Crippen LogP contribution in [0.1, 0.15) is 21.5 Å². The number of rotatable bonds is 5. The molecule has 0 spiro atoms. The van der Waals surface area contributed by atoms with E-state index < -0.39 is 18.5 Å². The molecule has 0 atom stereocenters. The van der Waals surface area contributed by atoms with Gasteiger partial charge < -0.3 is 20.5 Å². The van der Waals surface area contributed by atoms with Crippen molar-refractivity contribution in [2.24, 2.45) is 0 Å². The quantitative estimate of drug-likeness (QED) is 0.628. The van der Waals surface area contributed by atoms with E-state index in [0.717, 1.165) is 11.1 Å². The number of amides is 1. The van der Waals surface area contributed by atoms with Crippen molar-refractivity contribution in [2.45, 2.75) is 13.8 Å². The first kappa shape index (κ1) is 18.6. The van der Waals surface area contributed by atoms with Gasteiger partial charge in [-0.15, -0.1) is 0 Å². The molecule has 0 aliphatic rings. The molecule has 1 amide bonds. The molecule has 2 aromatic rings. The summed E-state index contributed by atoms with van der Waals surface area (Å²) in [5.41, 5.74) is 8.74. The Balaban J connectivity index is 2.02. The van der Waals surface area contributed by atoms with Gasteiger partial charge in [-0.05, 0) is 43.2 Å². The topological polar surface area (TPSA) is 90.7 Å². The zero-order valence-corrected chi connectivity index (χ0v) is 14.9. The van der Waals surface area contributed by atoms with Crippen LogP contribution in [-0.2, 0) is 9.53 Å². The Labute approximate surface area is 150 Å². The number of halogens is 1. The highest BCUT2D eigenvalue weighted by Gasteiger charge is 2.17. The van der Waals surface area contributed by atoms with E-state index in [4.69, 9.17) is 26.8 Å². The number of carbonyl (C=O) groups is 2. The van der Waals surface area contributed by atoms with Crippen molar-refractivity contribution in [3.63, 3.8) is 0 Å². The minimum atomic E-state index is -0.727. The van der Waals surface area contributed by atoms with E-state index in [2.05, 4.69) is 5.32 Å². The van der Waals surface area contributed by atoms with Gasteiger partial charge in [0.1, 0.15) is 11.3 Å². The van der Waals surface area contributed by atoms with Gasteiger partial charge >= 0.3 is 5.97 Å². The second-order valence-corrected chi connectivity index (χ2v) is 5.98. The summed E-state index contributed by atoms with van der Waals surface area (Å²) in [6.07, 6.45) is 0. The summed E-state index contributed by atoms with van der Waals surface area (Å²) in [5, 5.41) is 2.89. The summed E-state index contributed by atoms with van der Waals surface area (Å²) in [4.78, 5) is 24.2. The smallest absolute Gasteiger partial charge is 0.342 e. The van der Waals surface area contributed by atoms with Crippen LogP contribution in [0.25, 0.3) is 0 Å². The summed E-state index contributed by atoms with van der Waals surface area (Å²) in [6.45, 7) is 3.43. The lowest BCUT2D eigenvalue weighted by Crippen LogP contribution is -2.21. The Morgan fingerprint density at radius 3 is 2.36 bits per heavy atom. The SMILES string of the molecule is COc1cc(N)c(Cl)cc1C(=O)OCC(=O)Nc1cc(C)cc(C)c1. The highest BCUT2D eigenvalue weighted by atomic mass is 35.5. The zero-order chi connectivity index (χ0) is 18.6. The molecule has 0 saturated carbocycles. The van der Waals surface area contributed by atoms with E-state index in [-0.39, 0.29) is 22.0 Å². The maximum absolute atomic E-state index is 12.2. The molecule has 0 aliphatic heterocycles. The van der Waals surface area contributed by atoms with Crippen molar-refractivity contribution >= 4 is 34.9 Å². The molecule has 2 rings (SSSR count). The summed E-state index contributed by atoms with van der Waals surface area (Å²) >= 11 is 5.92. The van der Waals surface area contributed by atoms with Crippen molar-refractivity contribution in [3.05, 3.63) is 52.0 Å². The normalized spacial score (nSPS) is 10.2. The number of nitrogens with two attached hydrogens (primary N) is 1. The molecule has 6 nitrogen and oxygen atoms in total. The molecular formula is C18H19ClN2O4. The van der Waals surface area contributed by atoms with Gasteiger partial charge in [0.15, 0.2) is 6.61 Å². The maximum atomic E-state index is 12.2. The fraction of sp³-hybridized carbons (Fsp3) is 0.222. The average molecular weight is 363 g/mol. The van der Waals surface area contributed by atoms with Crippen molar-refractivity contribution in [1.82, 2.24) is 0 Å². The number of ether oxygens (including phenoxy) is 2. The van der Waals surface area contributed by atoms with E-state index in [1.165, 1.54) is 19.2 Å². The number of benzene rings is 2. The van der Waals surface area contributed by atoms with Crippen LogP contribution >= 0.6 is 11.6 Å². The van der Waals surface area contributed by atoms with Crippen molar-refractivity contribution in [1.29, 1.82) is 0 Å². The lowest BCUT2D eigenvalue weighted by atomic mass is 10.1. The summed E-state index contributed by atoms with van der Waals surface area (Å²) in [6, 6.07) is 8.42. The van der Waals surface area contributed by atoms with Gasteiger partial charge in [0.05, 0.1) is 17.8 Å². The second-order valence-electron chi connectivity index (χ2n) is 5.57. The predicted molar refractivity (Wildman–Crippen MR) is 97.2 cm³/mol. The number of nitrogens with one attached hydrogen (secondary N) is 1. The number of nitrogen functional groups attached to an aromatic ring is 1. The Morgan fingerprint density at radius 2 is 1.76 bits per heavy atom. The van der Waals surface area contributed by atoms with Crippen LogP contribution in [0.3, 0.4) is 0 Å². The van der Waals surface area contributed by atoms with E-state index >= 15 is 0 Å². The molecule has 0 bridgehead atoms. The number of aryl methyl sites for hydroxylation is 2. The molecule has 25 heavy (non-hydrogen) atoms. The lowest BCUT2D eigenvalue weighted by Gasteiger charge is -2.11. The fourth-order valence-corrected chi connectivity index (χ4v) is 2.51. The van der Waals surface area contributed by atoms with Crippen molar-refractivity contribution in [3.8, 4) is 5.75 Å². The van der Waals surface area contributed by atoms with E-state index in [1.54, 1.807) is 0 Å². The first-order valence-corrected chi connectivity index (χ1v) is 7.86. The number of esters is 1. The van der Waals surface area contributed by atoms with Crippen LogP contribution in [0.15, 0.2) is 30.3 Å². The third-order valence-corrected chi connectivity index (χ3v) is 3.71. The van der Waals surface area contributed by atoms with Crippen LogP contribution in [0.5, 0.6) is 5.75 Å². The third-order valence-electron chi connectivity index (χ3n) is 3.38. The third kappa shape index (κ3) is 4.87. The Kier molecular flexibility index (Phi) is 5.88. The maximum Gasteiger partial charge on any atom is 0.342 e. The molecule has 0 radical (unpaired) electrons. The van der Waals surface area contributed by atoms with Gasteiger partial charge in [-0.2, -0.15) is 0 Å². The van der Waals surface area contributed by atoms with Crippen LogP contribution < -0.4 is 15.8 Å². The van der Waals surface area contributed by atoms with E-state index in [0.29, 0.717) is 5.69 Å². The summed E-state index contributed by atoms with van der Waals surface area (Å²) in [5.74, 6) is -0.949. The van der Waals surface area contributed by atoms with Gasteiger partial charge in [-0.1, -0.05) is 17.7 Å². The largest absolute Gasteiger partial charge is 0.496 e. The molecule has 7 heteroatoms. The second kappa shape index (κ2) is 7.90. The zero-order valence-electron chi connectivity index (χ0n) is 14.2. The Hall–Kier alpha value is -2.73. The molecule has 0 fully saturated rings. The van der Waals surface area contributed by atoms with Gasteiger partial charge in [0.2, 0.25) is 0 Å². The molecule has 0 heterocycles. The number of hydrogen-bond donors (Lipinski definition) is 2. The molecule has 0 unspecified atom stereocenters. The summed E-state index contributed by atoms with van der Waals surface area (Å²) in [7, 11) is 1.40. The predicted octanol–water partition coefficient (Wildman–Crippen LogP) is 3.34. The van der Waals surface area contributed by atoms with Crippen LogP contribution in [0.2, 0.25) is 5.02 Å². The lowest BCUT2D eigenvalue weighted by molar-refractivity contribution is -0.119. The number of carbonyl (C=O) groups excluding carboxylic acids is 2. The van der Waals surface area contributed by atoms with E-state index in [1.807, 2.05) is 32.0 Å². The van der Waals surface area contributed by atoms with Gasteiger partial charge in [0, 0.05) is 11.8 Å². The molecule has 132 valence electrons. The standard InChI is InChI=1S/C18H19ClN2O4/c1-10-4-11(2)6-12(5-10)21-17(22)9-25-18(23)13-7-14(19)15(20)8-16(13)24-3/h4-8H,9,20H2,1-3H3,(H,21,22). The number of hydrogen-bond acceptors (Lipinski definition) is 5. The monoisotopic (exact) mass is 362 g/mol. The number of methoxy groups -OCH3 is 1. The molecule has 3 N–H and O–H groups in total. The minimum Gasteiger partial charge on any atom is -0.496 e. The first-order chi connectivity index (χ1) is 11.8. The van der Waals surface area contributed by atoms with Gasteiger partial charge in [0.25, 0.3) is 5.91 Å². The number of anilines is 2.